The lowest BCUT2D eigenvalue weighted by Crippen LogP contribution is -2.34. The number of amides is 1. The van der Waals surface area contributed by atoms with Crippen molar-refractivity contribution in [2.24, 2.45) is 0 Å². The normalized spacial score (nSPS) is 16.9. The highest BCUT2D eigenvalue weighted by Gasteiger charge is 2.31. The SMILES string of the molecule is O=C(OC(C(=O)N1CCCC1)c1ccccc1)c1ccc2c(c1)OCCCO2. The first kappa shape index (κ1) is 18.3. The zero-order valence-corrected chi connectivity index (χ0v) is 15.6. The molecule has 0 aromatic heterocycles. The standard InChI is InChI=1S/C22H23NO5/c24-21(23-11-4-5-12-23)20(16-7-2-1-3-8-16)28-22(25)17-9-10-18-19(15-17)27-14-6-13-26-18/h1-3,7-10,15,20H,4-6,11-14H2. The molecule has 2 aromatic rings. The summed E-state index contributed by atoms with van der Waals surface area (Å²) in [5.41, 5.74) is 1.00. The first-order valence-electron chi connectivity index (χ1n) is 9.67. The summed E-state index contributed by atoms with van der Waals surface area (Å²) in [6.45, 7) is 2.51. The molecule has 2 aliphatic heterocycles. The van der Waals surface area contributed by atoms with E-state index in [9.17, 15) is 9.59 Å². The highest BCUT2D eigenvalue weighted by atomic mass is 16.5. The summed E-state index contributed by atoms with van der Waals surface area (Å²) in [5, 5.41) is 0. The zero-order chi connectivity index (χ0) is 19.3. The van der Waals surface area contributed by atoms with Crippen LogP contribution in [0.4, 0.5) is 0 Å². The molecule has 0 radical (unpaired) electrons. The van der Waals surface area contributed by atoms with Crippen LogP contribution in [0.15, 0.2) is 48.5 Å². The van der Waals surface area contributed by atoms with E-state index in [4.69, 9.17) is 14.2 Å². The predicted molar refractivity (Wildman–Crippen MR) is 102 cm³/mol. The van der Waals surface area contributed by atoms with E-state index < -0.39 is 12.1 Å². The molecule has 0 aliphatic carbocycles. The van der Waals surface area contributed by atoms with E-state index in [-0.39, 0.29) is 5.91 Å². The monoisotopic (exact) mass is 381 g/mol. The van der Waals surface area contributed by atoms with Crippen LogP contribution in [0.5, 0.6) is 11.5 Å². The van der Waals surface area contributed by atoms with Gasteiger partial charge in [-0.3, -0.25) is 4.79 Å². The molecule has 0 saturated carbocycles. The average Bonchev–Trinajstić information content (AvgIpc) is 3.17. The van der Waals surface area contributed by atoms with Crippen molar-refractivity contribution in [1.82, 2.24) is 4.90 Å². The maximum absolute atomic E-state index is 13.0. The highest BCUT2D eigenvalue weighted by molar-refractivity contribution is 5.93. The molecular weight excluding hydrogens is 358 g/mol. The van der Waals surface area contributed by atoms with Crippen molar-refractivity contribution in [2.45, 2.75) is 25.4 Å². The van der Waals surface area contributed by atoms with Gasteiger partial charge in [0.15, 0.2) is 11.5 Å². The van der Waals surface area contributed by atoms with Crippen molar-refractivity contribution >= 4 is 11.9 Å². The van der Waals surface area contributed by atoms with Crippen molar-refractivity contribution in [3.63, 3.8) is 0 Å². The molecule has 28 heavy (non-hydrogen) atoms. The fraction of sp³-hybridized carbons (Fsp3) is 0.364. The van der Waals surface area contributed by atoms with Crippen LogP contribution in [-0.2, 0) is 9.53 Å². The molecule has 2 aliphatic rings. The Bertz CT molecular complexity index is 845. The van der Waals surface area contributed by atoms with E-state index in [1.54, 1.807) is 35.2 Å². The number of likely N-dealkylation sites (tertiary alicyclic amines) is 1. The van der Waals surface area contributed by atoms with Gasteiger partial charge in [-0.1, -0.05) is 30.3 Å². The van der Waals surface area contributed by atoms with Gasteiger partial charge in [-0.25, -0.2) is 4.79 Å². The second-order valence-electron chi connectivity index (χ2n) is 6.94. The molecule has 2 heterocycles. The number of carbonyl (C=O) groups excluding carboxylic acids is 2. The van der Waals surface area contributed by atoms with Gasteiger partial charge in [0.05, 0.1) is 18.8 Å². The second-order valence-corrected chi connectivity index (χ2v) is 6.94. The van der Waals surface area contributed by atoms with Gasteiger partial charge in [-0.15, -0.1) is 0 Å². The van der Waals surface area contributed by atoms with Crippen LogP contribution < -0.4 is 9.47 Å². The lowest BCUT2D eigenvalue weighted by molar-refractivity contribution is -0.140. The number of fused-ring (bicyclic) bond motifs is 1. The molecule has 1 amide bonds. The maximum atomic E-state index is 13.0. The van der Waals surface area contributed by atoms with Gasteiger partial charge in [-0.2, -0.15) is 0 Å². The number of benzene rings is 2. The smallest absolute Gasteiger partial charge is 0.339 e. The molecule has 146 valence electrons. The molecular formula is C22H23NO5. The Labute approximate surface area is 164 Å². The molecule has 1 unspecified atom stereocenters. The Hall–Kier alpha value is -3.02. The lowest BCUT2D eigenvalue weighted by atomic mass is 10.1. The maximum Gasteiger partial charge on any atom is 0.339 e. The third kappa shape index (κ3) is 3.96. The van der Waals surface area contributed by atoms with Crippen molar-refractivity contribution in [1.29, 1.82) is 0 Å². The summed E-state index contributed by atoms with van der Waals surface area (Å²) in [6, 6.07) is 14.1. The van der Waals surface area contributed by atoms with Gasteiger partial charge in [0.2, 0.25) is 6.10 Å². The Kier molecular flexibility index (Phi) is 5.46. The number of hydrogen-bond acceptors (Lipinski definition) is 5. The van der Waals surface area contributed by atoms with Crippen LogP contribution in [0.3, 0.4) is 0 Å². The number of carbonyl (C=O) groups is 2. The van der Waals surface area contributed by atoms with Gasteiger partial charge in [0.1, 0.15) is 0 Å². The van der Waals surface area contributed by atoms with Crippen LogP contribution in [0.2, 0.25) is 0 Å². The third-order valence-corrected chi connectivity index (χ3v) is 4.95. The molecule has 1 saturated heterocycles. The average molecular weight is 381 g/mol. The van der Waals surface area contributed by atoms with Crippen LogP contribution in [0.1, 0.15) is 41.3 Å². The summed E-state index contributed by atoms with van der Waals surface area (Å²) in [4.78, 5) is 27.6. The topological polar surface area (TPSA) is 65.1 Å². The molecule has 1 fully saturated rings. The molecule has 0 spiro atoms. The summed E-state index contributed by atoms with van der Waals surface area (Å²) >= 11 is 0. The lowest BCUT2D eigenvalue weighted by Gasteiger charge is -2.23. The van der Waals surface area contributed by atoms with E-state index in [1.807, 2.05) is 18.2 Å². The van der Waals surface area contributed by atoms with E-state index in [0.717, 1.165) is 19.3 Å². The first-order valence-corrected chi connectivity index (χ1v) is 9.67. The minimum Gasteiger partial charge on any atom is -0.490 e. The van der Waals surface area contributed by atoms with Crippen LogP contribution in [0.25, 0.3) is 0 Å². The van der Waals surface area contributed by atoms with E-state index in [0.29, 0.717) is 48.9 Å². The largest absolute Gasteiger partial charge is 0.490 e. The second kappa shape index (κ2) is 8.33. The molecule has 0 N–H and O–H groups in total. The molecule has 4 rings (SSSR count). The van der Waals surface area contributed by atoms with Gasteiger partial charge in [0, 0.05) is 25.1 Å². The molecule has 2 aromatic carbocycles. The Morgan fingerprint density at radius 3 is 2.36 bits per heavy atom. The van der Waals surface area contributed by atoms with Crippen molar-refractivity contribution in [3.05, 3.63) is 59.7 Å². The van der Waals surface area contributed by atoms with Crippen LogP contribution >= 0.6 is 0 Å². The summed E-state index contributed by atoms with van der Waals surface area (Å²) in [7, 11) is 0. The van der Waals surface area contributed by atoms with Crippen molar-refractivity contribution in [2.75, 3.05) is 26.3 Å². The molecule has 6 heteroatoms. The van der Waals surface area contributed by atoms with Crippen LogP contribution in [0, 0.1) is 0 Å². The summed E-state index contributed by atoms with van der Waals surface area (Å²) in [6.07, 6.45) is 1.78. The van der Waals surface area contributed by atoms with Gasteiger partial charge < -0.3 is 19.1 Å². The fourth-order valence-electron chi connectivity index (χ4n) is 3.46. The first-order chi connectivity index (χ1) is 13.7. The summed E-state index contributed by atoms with van der Waals surface area (Å²) < 4.78 is 16.9. The van der Waals surface area contributed by atoms with E-state index in [1.165, 1.54) is 0 Å². The Balaban J connectivity index is 1.57. The number of ether oxygens (including phenoxy) is 3. The summed E-state index contributed by atoms with van der Waals surface area (Å²) in [5.74, 6) is 0.402. The van der Waals surface area contributed by atoms with Gasteiger partial charge >= 0.3 is 5.97 Å². The number of hydrogen-bond donors (Lipinski definition) is 0. The Morgan fingerprint density at radius 2 is 1.61 bits per heavy atom. The zero-order valence-electron chi connectivity index (χ0n) is 15.6. The van der Waals surface area contributed by atoms with Crippen molar-refractivity contribution in [3.8, 4) is 11.5 Å². The van der Waals surface area contributed by atoms with Crippen molar-refractivity contribution < 1.29 is 23.8 Å². The molecule has 1 atom stereocenters. The molecule has 6 nitrogen and oxygen atoms in total. The number of rotatable bonds is 4. The van der Waals surface area contributed by atoms with Gasteiger partial charge in [-0.05, 0) is 31.0 Å². The molecule has 0 bridgehead atoms. The van der Waals surface area contributed by atoms with E-state index >= 15 is 0 Å². The Morgan fingerprint density at radius 1 is 0.893 bits per heavy atom. The number of nitrogens with zero attached hydrogens (tertiary/aromatic N) is 1. The van der Waals surface area contributed by atoms with Gasteiger partial charge in [0.25, 0.3) is 5.91 Å². The predicted octanol–water partition coefficient (Wildman–Crippen LogP) is 3.37. The fourth-order valence-corrected chi connectivity index (χ4v) is 3.46. The van der Waals surface area contributed by atoms with E-state index in [2.05, 4.69) is 0 Å². The number of esters is 1. The third-order valence-electron chi connectivity index (χ3n) is 4.95. The minimum atomic E-state index is -0.956. The van der Waals surface area contributed by atoms with Crippen LogP contribution in [-0.4, -0.2) is 43.1 Å². The minimum absolute atomic E-state index is 0.175. The highest BCUT2D eigenvalue weighted by Crippen LogP contribution is 2.31. The quantitative estimate of drug-likeness (QED) is 0.760.